The molecule has 0 spiro atoms. The quantitative estimate of drug-likeness (QED) is 0.907. The molecule has 1 saturated heterocycles. The third-order valence-electron chi connectivity index (χ3n) is 5.27. The Labute approximate surface area is 114 Å². The van der Waals surface area contributed by atoms with Crippen molar-refractivity contribution in [2.45, 2.75) is 50.1 Å². The fourth-order valence-corrected chi connectivity index (χ4v) is 3.95. The highest BCUT2D eigenvalue weighted by Crippen LogP contribution is 2.51. The number of rotatable bonds is 3. The molecule has 1 aliphatic heterocycles. The molecular weight excluding hydrogens is 239 g/mol. The summed E-state index contributed by atoms with van der Waals surface area (Å²) in [4.78, 5) is 2.61. The Morgan fingerprint density at radius 2 is 1.84 bits per heavy atom. The monoisotopic (exact) mass is 262 g/mol. The van der Waals surface area contributed by atoms with E-state index < -0.39 is 0 Å². The third-order valence-corrected chi connectivity index (χ3v) is 5.27. The summed E-state index contributed by atoms with van der Waals surface area (Å²) in [5.74, 6) is -0.152. The number of likely N-dealkylation sites (tertiary alicyclic amines) is 1. The van der Waals surface area contributed by atoms with Crippen molar-refractivity contribution < 1.29 is 4.39 Å². The van der Waals surface area contributed by atoms with Gasteiger partial charge in [0.25, 0.3) is 0 Å². The van der Waals surface area contributed by atoms with Crippen molar-refractivity contribution in [2.24, 2.45) is 5.73 Å². The lowest BCUT2D eigenvalue weighted by Gasteiger charge is -2.55. The maximum atomic E-state index is 13.2. The molecule has 3 rings (SSSR count). The predicted molar refractivity (Wildman–Crippen MR) is 75.3 cm³/mol. The van der Waals surface area contributed by atoms with Crippen LogP contribution in [0.1, 0.15) is 44.6 Å². The highest BCUT2D eigenvalue weighted by molar-refractivity contribution is 5.29. The van der Waals surface area contributed by atoms with Crippen molar-refractivity contribution in [3.63, 3.8) is 0 Å². The zero-order valence-corrected chi connectivity index (χ0v) is 11.7. The van der Waals surface area contributed by atoms with Gasteiger partial charge in [-0.15, -0.1) is 0 Å². The van der Waals surface area contributed by atoms with Gasteiger partial charge in [0.2, 0.25) is 0 Å². The smallest absolute Gasteiger partial charge is 0.123 e. The second-order valence-electron chi connectivity index (χ2n) is 6.35. The molecule has 0 aromatic heterocycles. The molecule has 104 valence electrons. The minimum atomic E-state index is -0.152. The molecule has 2 aliphatic rings. The molecule has 0 unspecified atom stereocenters. The van der Waals surface area contributed by atoms with E-state index in [1.165, 1.54) is 37.7 Å². The standard InChI is InChI=1S/C16H23FN2/c1-15(12-18)8-3-11-19(15)16(9-2-10-16)13-4-6-14(17)7-5-13/h4-7H,2-3,8-12,18H2,1H3/t15-/m0/s1. The second-order valence-corrected chi connectivity index (χ2v) is 6.35. The minimum Gasteiger partial charge on any atom is -0.329 e. The van der Waals surface area contributed by atoms with Gasteiger partial charge < -0.3 is 5.73 Å². The molecule has 0 bridgehead atoms. The number of hydrogen-bond acceptors (Lipinski definition) is 2. The summed E-state index contributed by atoms with van der Waals surface area (Å²) >= 11 is 0. The van der Waals surface area contributed by atoms with Crippen LogP contribution in [0.25, 0.3) is 0 Å². The van der Waals surface area contributed by atoms with E-state index in [1.54, 1.807) is 12.1 Å². The molecule has 2 fully saturated rings. The van der Waals surface area contributed by atoms with Gasteiger partial charge in [0, 0.05) is 17.6 Å². The number of nitrogens with zero attached hydrogens (tertiary/aromatic N) is 1. The fraction of sp³-hybridized carbons (Fsp3) is 0.625. The van der Waals surface area contributed by atoms with Gasteiger partial charge in [-0.05, 0) is 63.3 Å². The highest BCUT2D eigenvalue weighted by Gasteiger charge is 2.51. The third kappa shape index (κ3) is 1.91. The van der Waals surface area contributed by atoms with Crippen molar-refractivity contribution in [1.29, 1.82) is 0 Å². The fourth-order valence-electron chi connectivity index (χ4n) is 3.95. The van der Waals surface area contributed by atoms with E-state index in [9.17, 15) is 4.39 Å². The Kier molecular flexibility index (Phi) is 3.14. The van der Waals surface area contributed by atoms with E-state index in [-0.39, 0.29) is 16.9 Å². The zero-order chi connectivity index (χ0) is 13.5. The van der Waals surface area contributed by atoms with Crippen LogP contribution < -0.4 is 5.73 Å². The average Bonchev–Trinajstić information content (AvgIpc) is 2.74. The molecule has 0 radical (unpaired) electrons. The molecule has 19 heavy (non-hydrogen) atoms. The predicted octanol–water partition coefficient (Wildman–Crippen LogP) is 3.02. The van der Waals surface area contributed by atoms with E-state index in [2.05, 4.69) is 11.8 Å². The molecule has 1 atom stereocenters. The summed E-state index contributed by atoms with van der Waals surface area (Å²) in [5, 5.41) is 0. The maximum Gasteiger partial charge on any atom is 0.123 e. The number of hydrogen-bond donors (Lipinski definition) is 1. The van der Waals surface area contributed by atoms with Gasteiger partial charge in [0.1, 0.15) is 5.82 Å². The van der Waals surface area contributed by atoms with Crippen molar-refractivity contribution in [3.05, 3.63) is 35.6 Å². The first kappa shape index (κ1) is 13.1. The summed E-state index contributed by atoms with van der Waals surface area (Å²) in [6.45, 7) is 4.10. The van der Waals surface area contributed by atoms with Gasteiger partial charge in [0.05, 0.1) is 0 Å². The van der Waals surface area contributed by atoms with Crippen molar-refractivity contribution >= 4 is 0 Å². The molecule has 1 saturated carbocycles. The first-order valence-electron chi connectivity index (χ1n) is 7.35. The van der Waals surface area contributed by atoms with Crippen molar-refractivity contribution in [3.8, 4) is 0 Å². The summed E-state index contributed by atoms with van der Waals surface area (Å²) in [5.41, 5.74) is 7.52. The Hall–Kier alpha value is -0.930. The Morgan fingerprint density at radius 1 is 1.16 bits per heavy atom. The lowest BCUT2D eigenvalue weighted by Crippen LogP contribution is -2.60. The number of benzene rings is 1. The summed E-state index contributed by atoms with van der Waals surface area (Å²) in [6, 6.07) is 7.10. The summed E-state index contributed by atoms with van der Waals surface area (Å²) in [7, 11) is 0. The van der Waals surface area contributed by atoms with Gasteiger partial charge in [0.15, 0.2) is 0 Å². The van der Waals surface area contributed by atoms with E-state index in [0.29, 0.717) is 6.54 Å². The van der Waals surface area contributed by atoms with Gasteiger partial charge in [-0.3, -0.25) is 4.90 Å². The van der Waals surface area contributed by atoms with Gasteiger partial charge in [-0.25, -0.2) is 4.39 Å². The number of nitrogens with two attached hydrogens (primary N) is 1. The SMILES string of the molecule is C[C@@]1(CN)CCCN1C1(c2ccc(F)cc2)CCC1. The van der Waals surface area contributed by atoms with Crippen LogP contribution in [-0.4, -0.2) is 23.5 Å². The van der Waals surface area contributed by atoms with E-state index in [0.717, 1.165) is 6.54 Å². The van der Waals surface area contributed by atoms with Crippen LogP contribution in [0.2, 0.25) is 0 Å². The Bertz CT molecular complexity index is 452. The van der Waals surface area contributed by atoms with Crippen LogP contribution in [0.15, 0.2) is 24.3 Å². The van der Waals surface area contributed by atoms with E-state index in [1.807, 2.05) is 12.1 Å². The van der Waals surface area contributed by atoms with E-state index >= 15 is 0 Å². The molecule has 2 N–H and O–H groups in total. The van der Waals surface area contributed by atoms with Crippen molar-refractivity contribution in [1.82, 2.24) is 4.90 Å². The molecule has 1 aromatic rings. The Balaban J connectivity index is 1.97. The van der Waals surface area contributed by atoms with Crippen LogP contribution in [0.5, 0.6) is 0 Å². The average molecular weight is 262 g/mol. The normalized spacial score (nSPS) is 30.3. The molecule has 3 heteroatoms. The molecule has 1 aromatic carbocycles. The molecule has 0 amide bonds. The van der Waals surface area contributed by atoms with Crippen LogP contribution in [0, 0.1) is 5.82 Å². The molecule has 1 heterocycles. The van der Waals surface area contributed by atoms with Crippen LogP contribution in [0.4, 0.5) is 4.39 Å². The minimum absolute atomic E-state index is 0.106. The van der Waals surface area contributed by atoms with E-state index in [4.69, 9.17) is 5.73 Å². The lowest BCUT2D eigenvalue weighted by atomic mass is 9.69. The summed E-state index contributed by atoms with van der Waals surface area (Å²) < 4.78 is 13.2. The first-order chi connectivity index (χ1) is 9.11. The lowest BCUT2D eigenvalue weighted by molar-refractivity contribution is -0.0355. The van der Waals surface area contributed by atoms with Gasteiger partial charge in [-0.2, -0.15) is 0 Å². The van der Waals surface area contributed by atoms with Gasteiger partial charge >= 0.3 is 0 Å². The molecule has 1 aliphatic carbocycles. The van der Waals surface area contributed by atoms with Gasteiger partial charge in [-0.1, -0.05) is 12.1 Å². The Morgan fingerprint density at radius 3 is 2.37 bits per heavy atom. The van der Waals surface area contributed by atoms with Crippen LogP contribution in [0.3, 0.4) is 0 Å². The molecule has 2 nitrogen and oxygen atoms in total. The first-order valence-corrected chi connectivity index (χ1v) is 7.35. The zero-order valence-electron chi connectivity index (χ0n) is 11.7. The largest absolute Gasteiger partial charge is 0.329 e. The highest BCUT2D eigenvalue weighted by atomic mass is 19.1. The van der Waals surface area contributed by atoms with Crippen LogP contribution >= 0.6 is 0 Å². The molecular formula is C16H23FN2. The van der Waals surface area contributed by atoms with Crippen molar-refractivity contribution in [2.75, 3.05) is 13.1 Å². The topological polar surface area (TPSA) is 29.3 Å². The maximum absolute atomic E-state index is 13.2. The number of halogens is 1. The summed E-state index contributed by atoms with van der Waals surface area (Å²) in [6.07, 6.45) is 6.00. The van der Waals surface area contributed by atoms with Crippen LogP contribution in [-0.2, 0) is 5.54 Å². The second kappa shape index (κ2) is 4.57.